The molecule has 0 bridgehead atoms. The van der Waals surface area contributed by atoms with E-state index in [-0.39, 0.29) is 12.8 Å². The van der Waals surface area contributed by atoms with Crippen LogP contribution >= 0.6 is 0 Å². The number of nitrogens with one attached hydrogen (secondary N) is 1. The van der Waals surface area contributed by atoms with Crippen molar-refractivity contribution >= 4 is 11.4 Å². The molecule has 23 heavy (non-hydrogen) atoms. The lowest BCUT2D eigenvalue weighted by Gasteiger charge is -2.34. The van der Waals surface area contributed by atoms with E-state index in [9.17, 15) is 13.2 Å². The zero-order valence-electron chi connectivity index (χ0n) is 13.5. The summed E-state index contributed by atoms with van der Waals surface area (Å²) >= 11 is 0. The Balaban J connectivity index is 1.77. The predicted molar refractivity (Wildman–Crippen MR) is 87.0 cm³/mol. The van der Waals surface area contributed by atoms with Crippen LogP contribution in [0, 0.1) is 5.92 Å². The maximum Gasteiger partial charge on any atom is 0.391 e. The van der Waals surface area contributed by atoms with Crippen molar-refractivity contribution in [2.45, 2.75) is 31.9 Å². The van der Waals surface area contributed by atoms with Crippen molar-refractivity contribution in [1.29, 1.82) is 0 Å². The first-order valence-electron chi connectivity index (χ1n) is 8.15. The molecule has 1 saturated heterocycles. The number of ether oxygens (including phenoxy) is 1. The molecule has 0 radical (unpaired) electrons. The smallest absolute Gasteiger partial charge is 0.385 e. The van der Waals surface area contributed by atoms with Gasteiger partial charge in [0.15, 0.2) is 0 Å². The van der Waals surface area contributed by atoms with Crippen LogP contribution in [0.3, 0.4) is 0 Å². The van der Waals surface area contributed by atoms with Gasteiger partial charge in [-0.3, -0.25) is 0 Å². The number of rotatable bonds is 7. The van der Waals surface area contributed by atoms with Crippen LogP contribution in [0.2, 0.25) is 0 Å². The molecule has 130 valence electrons. The van der Waals surface area contributed by atoms with E-state index in [1.165, 1.54) is 0 Å². The van der Waals surface area contributed by atoms with Gasteiger partial charge in [0.25, 0.3) is 0 Å². The van der Waals surface area contributed by atoms with Crippen LogP contribution in [0.25, 0.3) is 0 Å². The summed E-state index contributed by atoms with van der Waals surface area (Å²) in [5, 5.41) is 3.34. The summed E-state index contributed by atoms with van der Waals surface area (Å²) in [6.45, 7) is 2.59. The Morgan fingerprint density at radius 2 is 1.78 bits per heavy atom. The van der Waals surface area contributed by atoms with E-state index in [0.29, 0.717) is 13.1 Å². The molecule has 6 heteroatoms. The molecule has 3 nitrogen and oxygen atoms in total. The average Bonchev–Trinajstić information content (AvgIpc) is 2.55. The van der Waals surface area contributed by atoms with Gasteiger partial charge in [-0.05, 0) is 49.9 Å². The Morgan fingerprint density at radius 1 is 1.13 bits per heavy atom. The second-order valence-corrected chi connectivity index (χ2v) is 5.98. The molecule has 1 aromatic carbocycles. The summed E-state index contributed by atoms with van der Waals surface area (Å²) in [5.41, 5.74) is 2.03. The fourth-order valence-corrected chi connectivity index (χ4v) is 2.86. The Hall–Kier alpha value is -1.43. The molecule has 0 spiro atoms. The predicted octanol–water partition coefficient (Wildman–Crippen LogP) is 4.30. The summed E-state index contributed by atoms with van der Waals surface area (Å²) in [6, 6.07) is 7.93. The molecule has 1 heterocycles. The monoisotopic (exact) mass is 330 g/mol. The highest BCUT2D eigenvalue weighted by Crippen LogP contribution is 2.35. The highest BCUT2D eigenvalue weighted by atomic mass is 19.4. The van der Waals surface area contributed by atoms with Crippen LogP contribution in [0.15, 0.2) is 24.3 Å². The zero-order chi connectivity index (χ0) is 16.7. The summed E-state index contributed by atoms with van der Waals surface area (Å²) in [6.07, 6.45) is -1.62. The molecular weight excluding hydrogens is 305 g/mol. The van der Waals surface area contributed by atoms with Crippen molar-refractivity contribution < 1.29 is 17.9 Å². The molecule has 0 saturated carbocycles. The van der Waals surface area contributed by atoms with Crippen molar-refractivity contribution in [3.05, 3.63) is 24.3 Å². The molecule has 1 N–H and O–H groups in total. The number of halogens is 3. The molecule has 2 rings (SSSR count). The van der Waals surface area contributed by atoms with E-state index in [1.807, 2.05) is 29.2 Å². The summed E-state index contributed by atoms with van der Waals surface area (Å²) in [7, 11) is 1.70. The second kappa shape index (κ2) is 8.43. The van der Waals surface area contributed by atoms with Crippen molar-refractivity contribution in [1.82, 2.24) is 0 Å². The molecule has 1 aliphatic rings. The topological polar surface area (TPSA) is 24.5 Å². The summed E-state index contributed by atoms with van der Waals surface area (Å²) in [5.74, 6) is -1.15. The van der Waals surface area contributed by atoms with Gasteiger partial charge in [-0.1, -0.05) is 0 Å². The van der Waals surface area contributed by atoms with Crippen LogP contribution in [0.1, 0.15) is 25.7 Å². The van der Waals surface area contributed by atoms with E-state index in [2.05, 4.69) is 5.32 Å². The first kappa shape index (κ1) is 17.9. The highest BCUT2D eigenvalue weighted by Gasteiger charge is 2.41. The van der Waals surface area contributed by atoms with Crippen molar-refractivity contribution in [3.8, 4) is 0 Å². The van der Waals surface area contributed by atoms with Crippen LogP contribution in [0.4, 0.5) is 24.5 Å². The van der Waals surface area contributed by atoms with Gasteiger partial charge in [-0.15, -0.1) is 0 Å². The third-order valence-corrected chi connectivity index (χ3v) is 4.29. The lowest BCUT2D eigenvalue weighted by atomic mass is 9.96. The first-order chi connectivity index (χ1) is 11.0. The van der Waals surface area contributed by atoms with Gasteiger partial charge in [0.1, 0.15) is 0 Å². The number of benzene rings is 1. The van der Waals surface area contributed by atoms with Gasteiger partial charge < -0.3 is 15.0 Å². The molecule has 0 amide bonds. The van der Waals surface area contributed by atoms with Gasteiger partial charge in [0, 0.05) is 44.7 Å². The summed E-state index contributed by atoms with van der Waals surface area (Å²) < 4.78 is 43.1. The average molecular weight is 330 g/mol. The highest BCUT2D eigenvalue weighted by molar-refractivity contribution is 5.55. The van der Waals surface area contributed by atoms with E-state index in [4.69, 9.17) is 4.74 Å². The van der Waals surface area contributed by atoms with Crippen molar-refractivity contribution in [2.75, 3.05) is 43.6 Å². The lowest BCUT2D eigenvalue weighted by molar-refractivity contribution is -0.179. The largest absolute Gasteiger partial charge is 0.391 e. The standard InChI is InChI=1S/C17H25F3N2O/c1-23-13-3-2-10-21-15-4-6-16(7-5-15)22-11-8-14(9-12-22)17(18,19)20/h4-7,14,21H,2-3,8-13H2,1H3. The number of alkyl halides is 3. The second-order valence-electron chi connectivity index (χ2n) is 5.98. The van der Waals surface area contributed by atoms with Gasteiger partial charge in [0.2, 0.25) is 0 Å². The number of hydrogen-bond acceptors (Lipinski definition) is 3. The third-order valence-electron chi connectivity index (χ3n) is 4.29. The van der Waals surface area contributed by atoms with E-state index >= 15 is 0 Å². The number of anilines is 2. The normalized spacial score (nSPS) is 16.6. The van der Waals surface area contributed by atoms with Crippen LogP contribution in [-0.4, -0.2) is 39.5 Å². The summed E-state index contributed by atoms with van der Waals surface area (Å²) in [4.78, 5) is 2.03. The fourth-order valence-electron chi connectivity index (χ4n) is 2.86. The lowest BCUT2D eigenvalue weighted by Crippen LogP contribution is -2.38. The first-order valence-corrected chi connectivity index (χ1v) is 8.15. The molecule has 1 aliphatic heterocycles. The molecule has 0 aromatic heterocycles. The number of unbranched alkanes of at least 4 members (excludes halogenated alkanes) is 1. The minimum atomic E-state index is -4.05. The Morgan fingerprint density at radius 3 is 2.35 bits per heavy atom. The number of hydrogen-bond donors (Lipinski definition) is 1. The number of methoxy groups -OCH3 is 1. The number of nitrogens with zero attached hydrogens (tertiary/aromatic N) is 1. The van der Waals surface area contributed by atoms with Crippen molar-refractivity contribution in [2.24, 2.45) is 5.92 Å². The molecule has 1 fully saturated rings. The zero-order valence-corrected chi connectivity index (χ0v) is 13.5. The van der Waals surface area contributed by atoms with Crippen LogP contribution < -0.4 is 10.2 Å². The third kappa shape index (κ3) is 5.61. The number of piperidine rings is 1. The van der Waals surface area contributed by atoms with E-state index < -0.39 is 12.1 Å². The Labute approximate surface area is 135 Å². The van der Waals surface area contributed by atoms with Crippen molar-refractivity contribution in [3.63, 3.8) is 0 Å². The molecule has 0 aliphatic carbocycles. The quantitative estimate of drug-likeness (QED) is 0.754. The maximum atomic E-state index is 12.7. The minimum Gasteiger partial charge on any atom is -0.385 e. The molecular formula is C17H25F3N2O. The maximum absolute atomic E-state index is 12.7. The molecule has 0 atom stereocenters. The molecule has 1 aromatic rings. The van der Waals surface area contributed by atoms with Gasteiger partial charge in [-0.25, -0.2) is 0 Å². The van der Waals surface area contributed by atoms with Gasteiger partial charge in [-0.2, -0.15) is 13.2 Å². The van der Waals surface area contributed by atoms with Gasteiger partial charge >= 0.3 is 6.18 Å². The Kier molecular flexibility index (Phi) is 6.57. The van der Waals surface area contributed by atoms with Crippen LogP contribution in [-0.2, 0) is 4.74 Å². The van der Waals surface area contributed by atoms with E-state index in [1.54, 1.807) is 7.11 Å². The molecule has 0 unspecified atom stereocenters. The SMILES string of the molecule is COCCCCNc1ccc(N2CCC(C(F)(F)F)CC2)cc1. The fraction of sp³-hybridized carbons (Fsp3) is 0.647. The minimum absolute atomic E-state index is 0.184. The van der Waals surface area contributed by atoms with Gasteiger partial charge in [0.05, 0.1) is 5.92 Å². The Bertz CT molecular complexity index is 454. The van der Waals surface area contributed by atoms with E-state index in [0.717, 1.165) is 37.4 Å². The van der Waals surface area contributed by atoms with Crippen LogP contribution in [0.5, 0.6) is 0 Å².